The number of hydrogen-bond acceptors (Lipinski definition) is 2. The highest BCUT2D eigenvalue weighted by Crippen LogP contribution is 2.41. The highest BCUT2D eigenvalue weighted by Gasteiger charge is 2.39. The van der Waals surface area contributed by atoms with Crippen molar-refractivity contribution in [3.05, 3.63) is 11.3 Å². The first-order valence-corrected chi connectivity index (χ1v) is 5.30. The molecule has 2 N–H and O–H groups in total. The molecule has 15 heavy (non-hydrogen) atoms. The molecule has 3 nitrogen and oxygen atoms in total. The van der Waals surface area contributed by atoms with E-state index >= 15 is 0 Å². The van der Waals surface area contributed by atoms with Gasteiger partial charge in [-0.15, -0.1) is 0 Å². The maximum atomic E-state index is 13.2. The van der Waals surface area contributed by atoms with Crippen LogP contribution in [0.4, 0.5) is 14.6 Å². The Bertz CT molecular complexity index is 407. The molecule has 2 aliphatic rings. The summed E-state index contributed by atoms with van der Waals surface area (Å²) in [4.78, 5) is 0. The fourth-order valence-electron chi connectivity index (χ4n) is 2.17. The SMILES string of the molecule is Nc1c2c(nn1C1CC1)CCC(F)(F)C2. The Morgan fingerprint density at radius 1 is 1.40 bits per heavy atom. The Labute approximate surface area is 86.3 Å². The molecule has 3 rings (SSSR count). The molecule has 0 aliphatic heterocycles. The maximum Gasteiger partial charge on any atom is 0.252 e. The van der Waals surface area contributed by atoms with E-state index in [2.05, 4.69) is 5.10 Å². The van der Waals surface area contributed by atoms with Crippen LogP contribution in [0.3, 0.4) is 0 Å². The van der Waals surface area contributed by atoms with E-state index in [-0.39, 0.29) is 12.8 Å². The van der Waals surface area contributed by atoms with Crippen molar-refractivity contribution in [3.8, 4) is 0 Å². The van der Waals surface area contributed by atoms with Crippen molar-refractivity contribution in [3.63, 3.8) is 0 Å². The molecule has 5 heteroatoms. The Kier molecular flexibility index (Phi) is 1.65. The number of fused-ring (bicyclic) bond motifs is 1. The van der Waals surface area contributed by atoms with Gasteiger partial charge in [-0.1, -0.05) is 0 Å². The molecule has 2 aliphatic carbocycles. The van der Waals surface area contributed by atoms with Crippen molar-refractivity contribution >= 4 is 5.82 Å². The summed E-state index contributed by atoms with van der Waals surface area (Å²) in [5, 5.41) is 4.34. The van der Waals surface area contributed by atoms with Gasteiger partial charge in [0.1, 0.15) is 5.82 Å². The van der Waals surface area contributed by atoms with Crippen molar-refractivity contribution in [2.24, 2.45) is 0 Å². The third-order valence-corrected chi connectivity index (χ3v) is 3.19. The minimum absolute atomic E-state index is 0.0961. The first-order chi connectivity index (χ1) is 7.07. The standard InChI is InChI=1S/C10H13F2N3/c11-10(12)4-3-8-7(5-10)9(13)15(14-8)6-1-2-6/h6H,1-5,13H2. The molecule has 0 aromatic carbocycles. The highest BCUT2D eigenvalue weighted by atomic mass is 19.3. The van der Waals surface area contributed by atoms with E-state index in [0.29, 0.717) is 23.8 Å². The van der Waals surface area contributed by atoms with Gasteiger partial charge in [0, 0.05) is 18.4 Å². The van der Waals surface area contributed by atoms with E-state index in [1.54, 1.807) is 4.68 Å². The molecular formula is C10H13F2N3. The van der Waals surface area contributed by atoms with Crippen LogP contribution in [0.25, 0.3) is 0 Å². The second-order valence-electron chi connectivity index (χ2n) is 4.52. The van der Waals surface area contributed by atoms with Crippen LogP contribution in [0.5, 0.6) is 0 Å². The van der Waals surface area contributed by atoms with Crippen LogP contribution in [0.1, 0.15) is 36.6 Å². The summed E-state index contributed by atoms with van der Waals surface area (Å²) in [6.07, 6.45) is 2.16. The number of nitrogens with zero attached hydrogens (tertiary/aromatic N) is 2. The van der Waals surface area contributed by atoms with Gasteiger partial charge in [0.2, 0.25) is 0 Å². The summed E-state index contributed by atoms with van der Waals surface area (Å²) in [5.74, 6) is -2.13. The molecule has 0 amide bonds. The summed E-state index contributed by atoms with van der Waals surface area (Å²) >= 11 is 0. The molecule has 1 aromatic rings. The fourth-order valence-corrected chi connectivity index (χ4v) is 2.17. The van der Waals surface area contributed by atoms with Gasteiger partial charge in [0.05, 0.1) is 11.7 Å². The van der Waals surface area contributed by atoms with Gasteiger partial charge in [0.25, 0.3) is 5.92 Å². The van der Waals surface area contributed by atoms with Crippen molar-refractivity contribution < 1.29 is 8.78 Å². The summed E-state index contributed by atoms with van der Waals surface area (Å²) in [6, 6.07) is 0.365. The fraction of sp³-hybridized carbons (Fsp3) is 0.700. The predicted octanol–water partition coefficient (Wildman–Crippen LogP) is 1.92. The summed E-state index contributed by atoms with van der Waals surface area (Å²) in [5.41, 5.74) is 7.22. The average molecular weight is 213 g/mol. The van der Waals surface area contributed by atoms with Gasteiger partial charge in [-0.25, -0.2) is 13.5 Å². The minimum atomic E-state index is -2.60. The van der Waals surface area contributed by atoms with Crippen LogP contribution in [0.2, 0.25) is 0 Å². The summed E-state index contributed by atoms with van der Waals surface area (Å²) in [6.45, 7) is 0. The molecule has 0 unspecified atom stereocenters. The lowest BCUT2D eigenvalue weighted by Crippen LogP contribution is -2.25. The Morgan fingerprint density at radius 2 is 2.13 bits per heavy atom. The van der Waals surface area contributed by atoms with Gasteiger partial charge in [-0.2, -0.15) is 5.10 Å². The smallest absolute Gasteiger partial charge is 0.252 e. The average Bonchev–Trinajstić information content (AvgIpc) is 2.94. The second kappa shape index (κ2) is 2.71. The molecule has 0 saturated heterocycles. The number of nitrogen functional groups attached to an aromatic ring is 1. The molecule has 0 spiro atoms. The minimum Gasteiger partial charge on any atom is -0.384 e. The van der Waals surface area contributed by atoms with Crippen LogP contribution in [0, 0.1) is 0 Å². The van der Waals surface area contributed by atoms with Crippen molar-refractivity contribution in [2.75, 3.05) is 5.73 Å². The number of aromatic nitrogens is 2. The molecule has 1 saturated carbocycles. The zero-order valence-electron chi connectivity index (χ0n) is 8.34. The van der Waals surface area contributed by atoms with Gasteiger partial charge < -0.3 is 5.73 Å². The highest BCUT2D eigenvalue weighted by molar-refractivity contribution is 5.46. The zero-order chi connectivity index (χ0) is 10.6. The quantitative estimate of drug-likeness (QED) is 0.774. The van der Waals surface area contributed by atoms with Crippen LogP contribution in [-0.2, 0) is 12.8 Å². The molecule has 82 valence electrons. The lowest BCUT2D eigenvalue weighted by Gasteiger charge is -2.20. The number of rotatable bonds is 1. The first kappa shape index (κ1) is 9.12. The lowest BCUT2D eigenvalue weighted by atomic mass is 9.94. The van der Waals surface area contributed by atoms with E-state index in [1.165, 1.54) is 0 Å². The van der Waals surface area contributed by atoms with Crippen molar-refractivity contribution in [1.82, 2.24) is 9.78 Å². The number of aryl methyl sites for hydroxylation is 1. The van der Waals surface area contributed by atoms with Gasteiger partial charge in [-0.3, -0.25) is 0 Å². The number of hydrogen-bond donors (Lipinski definition) is 1. The number of anilines is 1. The predicted molar refractivity (Wildman–Crippen MR) is 51.9 cm³/mol. The zero-order valence-corrected chi connectivity index (χ0v) is 8.34. The molecule has 0 atom stereocenters. The molecule has 1 aromatic heterocycles. The molecule has 0 radical (unpaired) electrons. The van der Waals surface area contributed by atoms with Gasteiger partial charge in [-0.05, 0) is 19.3 Å². The topological polar surface area (TPSA) is 43.8 Å². The Hall–Kier alpha value is -1.13. The van der Waals surface area contributed by atoms with Crippen LogP contribution < -0.4 is 5.73 Å². The Morgan fingerprint density at radius 3 is 2.80 bits per heavy atom. The van der Waals surface area contributed by atoms with Crippen LogP contribution in [0.15, 0.2) is 0 Å². The van der Waals surface area contributed by atoms with E-state index in [1.807, 2.05) is 0 Å². The summed E-state index contributed by atoms with van der Waals surface area (Å²) < 4.78 is 28.1. The molecule has 1 heterocycles. The first-order valence-electron chi connectivity index (χ1n) is 5.30. The van der Waals surface area contributed by atoms with E-state index in [4.69, 9.17) is 5.73 Å². The monoisotopic (exact) mass is 213 g/mol. The lowest BCUT2D eigenvalue weighted by molar-refractivity contribution is -0.0123. The molecule has 0 bridgehead atoms. The number of alkyl halides is 2. The van der Waals surface area contributed by atoms with Crippen LogP contribution in [-0.4, -0.2) is 15.7 Å². The number of halogens is 2. The summed E-state index contributed by atoms with van der Waals surface area (Å²) in [7, 11) is 0. The van der Waals surface area contributed by atoms with Crippen molar-refractivity contribution in [2.45, 2.75) is 44.1 Å². The van der Waals surface area contributed by atoms with Gasteiger partial charge >= 0.3 is 0 Å². The Balaban J connectivity index is 2.02. The van der Waals surface area contributed by atoms with Crippen LogP contribution >= 0.6 is 0 Å². The largest absolute Gasteiger partial charge is 0.384 e. The van der Waals surface area contributed by atoms with Gasteiger partial charge in [0.15, 0.2) is 0 Å². The molecular weight excluding hydrogens is 200 g/mol. The van der Waals surface area contributed by atoms with E-state index in [9.17, 15) is 8.78 Å². The van der Waals surface area contributed by atoms with Crippen molar-refractivity contribution in [1.29, 1.82) is 0 Å². The molecule has 1 fully saturated rings. The van der Waals surface area contributed by atoms with E-state index in [0.717, 1.165) is 18.5 Å². The van der Waals surface area contributed by atoms with E-state index < -0.39 is 5.92 Å². The number of nitrogens with two attached hydrogens (primary N) is 1. The normalized spacial score (nSPS) is 23.9. The third-order valence-electron chi connectivity index (χ3n) is 3.19. The maximum absolute atomic E-state index is 13.2. The second-order valence-corrected chi connectivity index (χ2v) is 4.52. The third kappa shape index (κ3) is 1.41.